The fourth-order valence-electron chi connectivity index (χ4n) is 1.51. The number of aliphatic imine (C=N–C) groups is 1. The van der Waals surface area contributed by atoms with Crippen LogP contribution >= 0.6 is 22.6 Å². The minimum Gasteiger partial charge on any atom is -0.363 e. The van der Waals surface area contributed by atoms with Gasteiger partial charge in [-0.2, -0.15) is 13.2 Å². The molecule has 1 aliphatic heterocycles. The minimum atomic E-state index is -4.31. The van der Waals surface area contributed by atoms with Gasteiger partial charge >= 0.3 is 6.18 Å². The second kappa shape index (κ2) is 3.90. The van der Waals surface area contributed by atoms with Crippen LogP contribution in [0.4, 0.5) is 18.9 Å². The molecule has 2 rings (SSSR count). The highest BCUT2D eigenvalue weighted by molar-refractivity contribution is 14.1. The second-order valence-corrected chi connectivity index (χ2v) is 4.52. The normalized spacial score (nSPS) is 19.8. The van der Waals surface area contributed by atoms with Crippen LogP contribution in [0.5, 0.6) is 0 Å². The number of hydrogen-bond donors (Lipinski definition) is 1. The number of anilines is 1. The maximum atomic E-state index is 12.5. The van der Waals surface area contributed by atoms with Crippen molar-refractivity contribution >= 4 is 32.0 Å². The lowest BCUT2D eigenvalue weighted by Gasteiger charge is -2.21. The molecule has 0 aromatic heterocycles. The van der Waals surface area contributed by atoms with Crippen molar-refractivity contribution in [1.82, 2.24) is 0 Å². The van der Waals surface area contributed by atoms with Gasteiger partial charge in [0.15, 0.2) is 0 Å². The van der Waals surface area contributed by atoms with E-state index >= 15 is 0 Å². The van der Waals surface area contributed by atoms with Crippen LogP contribution < -0.4 is 5.32 Å². The third-order valence-electron chi connectivity index (χ3n) is 2.24. The van der Waals surface area contributed by atoms with Crippen LogP contribution in [0.3, 0.4) is 0 Å². The molecule has 0 radical (unpaired) electrons. The van der Waals surface area contributed by atoms with E-state index in [0.717, 1.165) is 12.1 Å². The molecule has 0 bridgehead atoms. The molecule has 0 aliphatic carbocycles. The molecular formula is C10H8F3IN2. The van der Waals surface area contributed by atoms with Crippen LogP contribution in [0, 0.1) is 0 Å². The van der Waals surface area contributed by atoms with Gasteiger partial charge in [0.2, 0.25) is 0 Å². The van der Waals surface area contributed by atoms with Crippen molar-refractivity contribution in [3.05, 3.63) is 29.3 Å². The molecule has 0 spiro atoms. The van der Waals surface area contributed by atoms with E-state index in [1.54, 1.807) is 0 Å². The molecule has 16 heavy (non-hydrogen) atoms. The topological polar surface area (TPSA) is 24.4 Å². The lowest BCUT2D eigenvalue weighted by atomic mass is 10.1. The van der Waals surface area contributed by atoms with Crippen molar-refractivity contribution < 1.29 is 13.2 Å². The van der Waals surface area contributed by atoms with Gasteiger partial charge in [-0.15, -0.1) is 0 Å². The van der Waals surface area contributed by atoms with E-state index in [-0.39, 0.29) is 6.17 Å². The predicted molar refractivity (Wildman–Crippen MR) is 65.1 cm³/mol. The van der Waals surface area contributed by atoms with E-state index in [1.807, 2.05) is 29.5 Å². The Balaban J connectivity index is 2.50. The van der Waals surface area contributed by atoms with Crippen molar-refractivity contribution in [2.45, 2.75) is 19.3 Å². The summed E-state index contributed by atoms with van der Waals surface area (Å²) in [5.74, 6) is 0. The van der Waals surface area contributed by atoms with Gasteiger partial charge in [0.05, 0.1) is 5.56 Å². The Morgan fingerprint density at radius 1 is 1.38 bits per heavy atom. The molecule has 1 N–H and O–H groups in total. The van der Waals surface area contributed by atoms with Gasteiger partial charge in [-0.1, -0.05) is 0 Å². The van der Waals surface area contributed by atoms with E-state index in [9.17, 15) is 13.2 Å². The Morgan fingerprint density at radius 3 is 2.69 bits per heavy atom. The van der Waals surface area contributed by atoms with E-state index in [2.05, 4.69) is 10.3 Å². The molecule has 1 aliphatic rings. The van der Waals surface area contributed by atoms with Crippen molar-refractivity contribution in [1.29, 1.82) is 0 Å². The maximum absolute atomic E-state index is 12.5. The fourth-order valence-corrected chi connectivity index (χ4v) is 2.38. The summed E-state index contributed by atoms with van der Waals surface area (Å²) >= 11 is 1.95. The number of fused-ring (bicyclic) bond motifs is 1. The molecule has 1 heterocycles. The van der Waals surface area contributed by atoms with Gasteiger partial charge in [0.1, 0.15) is 9.88 Å². The third-order valence-corrected chi connectivity index (χ3v) is 3.10. The summed E-state index contributed by atoms with van der Waals surface area (Å²) in [6, 6.07) is 3.65. The van der Waals surface area contributed by atoms with Crippen LogP contribution in [0.2, 0.25) is 0 Å². The number of nitrogens with one attached hydrogen (secondary N) is 1. The molecule has 0 fully saturated rings. The SMILES string of the molecule is CC1N=C(I)c2cc(C(F)(F)F)ccc2N1. The fraction of sp³-hybridized carbons (Fsp3) is 0.300. The van der Waals surface area contributed by atoms with Gasteiger partial charge in [-0.25, -0.2) is 0 Å². The smallest absolute Gasteiger partial charge is 0.363 e. The Kier molecular flexibility index (Phi) is 2.85. The molecule has 6 heteroatoms. The van der Waals surface area contributed by atoms with Gasteiger partial charge in [0, 0.05) is 11.3 Å². The van der Waals surface area contributed by atoms with Crippen molar-refractivity contribution in [3.8, 4) is 0 Å². The first-order chi connectivity index (χ1) is 7.38. The largest absolute Gasteiger partial charge is 0.416 e. The average molecular weight is 340 g/mol. The summed E-state index contributed by atoms with van der Waals surface area (Å²) in [5.41, 5.74) is 0.556. The standard InChI is InChI=1S/C10H8F3IN2/c1-5-15-8-3-2-6(10(11,12)13)4-7(8)9(14)16-5/h2-5,15H,1H3. The molecule has 2 nitrogen and oxygen atoms in total. The quantitative estimate of drug-likeness (QED) is 0.717. The van der Waals surface area contributed by atoms with E-state index in [4.69, 9.17) is 0 Å². The summed E-state index contributed by atoms with van der Waals surface area (Å²) in [4.78, 5) is 4.17. The number of nitrogens with zero attached hydrogens (tertiary/aromatic N) is 1. The maximum Gasteiger partial charge on any atom is 0.416 e. The van der Waals surface area contributed by atoms with E-state index in [1.165, 1.54) is 6.07 Å². The minimum absolute atomic E-state index is 0.101. The highest BCUT2D eigenvalue weighted by Crippen LogP contribution is 2.34. The summed E-state index contributed by atoms with van der Waals surface area (Å²) in [5, 5.41) is 3.01. The number of halogens is 4. The lowest BCUT2D eigenvalue weighted by Crippen LogP contribution is -2.21. The van der Waals surface area contributed by atoms with Gasteiger partial charge in [-0.3, -0.25) is 4.99 Å². The van der Waals surface area contributed by atoms with Crippen molar-refractivity contribution in [3.63, 3.8) is 0 Å². The monoisotopic (exact) mass is 340 g/mol. The molecular weight excluding hydrogens is 332 g/mol. The van der Waals surface area contributed by atoms with Crippen LogP contribution in [-0.2, 0) is 6.18 Å². The number of hydrogen-bond acceptors (Lipinski definition) is 2. The van der Waals surface area contributed by atoms with Crippen LogP contribution in [0.1, 0.15) is 18.1 Å². The predicted octanol–water partition coefficient (Wildman–Crippen LogP) is 3.66. The van der Waals surface area contributed by atoms with Crippen LogP contribution in [0.25, 0.3) is 0 Å². The lowest BCUT2D eigenvalue weighted by molar-refractivity contribution is -0.137. The first-order valence-electron chi connectivity index (χ1n) is 4.59. The number of benzene rings is 1. The first-order valence-corrected chi connectivity index (χ1v) is 5.67. The average Bonchev–Trinajstić information content (AvgIpc) is 2.15. The van der Waals surface area contributed by atoms with Gasteiger partial charge in [-0.05, 0) is 47.7 Å². The molecule has 1 aromatic carbocycles. The van der Waals surface area contributed by atoms with E-state index in [0.29, 0.717) is 15.0 Å². The van der Waals surface area contributed by atoms with Crippen molar-refractivity contribution in [2.24, 2.45) is 4.99 Å². The zero-order chi connectivity index (χ0) is 11.9. The van der Waals surface area contributed by atoms with Crippen LogP contribution in [0.15, 0.2) is 23.2 Å². The second-order valence-electron chi connectivity index (χ2n) is 3.50. The zero-order valence-corrected chi connectivity index (χ0v) is 10.4. The summed E-state index contributed by atoms with van der Waals surface area (Å²) in [6.07, 6.45) is -4.41. The highest BCUT2D eigenvalue weighted by atomic mass is 127. The molecule has 0 saturated carbocycles. The first kappa shape index (κ1) is 11.7. The molecule has 1 unspecified atom stereocenters. The summed E-state index contributed by atoms with van der Waals surface area (Å²) < 4.78 is 38.1. The zero-order valence-electron chi connectivity index (χ0n) is 8.27. The highest BCUT2D eigenvalue weighted by Gasteiger charge is 2.31. The van der Waals surface area contributed by atoms with Gasteiger partial charge in [0.25, 0.3) is 0 Å². The summed E-state index contributed by atoms with van der Waals surface area (Å²) in [6.45, 7) is 1.85. The van der Waals surface area contributed by atoms with Crippen LogP contribution in [-0.4, -0.2) is 9.88 Å². The Morgan fingerprint density at radius 2 is 2.06 bits per heavy atom. The number of alkyl halides is 3. The Bertz CT molecular complexity index is 454. The Labute approximate surface area is 104 Å². The molecule has 1 atom stereocenters. The number of rotatable bonds is 0. The molecule has 86 valence electrons. The summed E-state index contributed by atoms with van der Waals surface area (Å²) in [7, 11) is 0. The van der Waals surface area contributed by atoms with Gasteiger partial charge < -0.3 is 5.32 Å². The van der Waals surface area contributed by atoms with Crippen molar-refractivity contribution in [2.75, 3.05) is 5.32 Å². The Hall–Kier alpha value is -0.790. The molecule has 0 saturated heterocycles. The molecule has 0 amide bonds. The van der Waals surface area contributed by atoms with E-state index < -0.39 is 11.7 Å². The molecule has 1 aromatic rings. The third kappa shape index (κ3) is 2.16.